The molecule has 0 bridgehead atoms. The standard InChI is InChI=1S/C18H22ClN3O3/c1-11-9-12(2)21-15(19)14(11)17(24)25-13(3)16(23)22-18(10-20)7-5-4-6-8-18/h9,13H,4-8H2,1-3H3,(H,22,23)/t13-/m0/s1. The molecule has 1 aromatic heterocycles. The lowest BCUT2D eigenvalue weighted by molar-refractivity contribution is -0.130. The number of nitrogens with one attached hydrogen (secondary N) is 1. The molecule has 0 spiro atoms. The molecule has 134 valence electrons. The van der Waals surface area contributed by atoms with Crippen LogP contribution in [0.15, 0.2) is 6.07 Å². The number of pyridine rings is 1. The first-order valence-electron chi connectivity index (χ1n) is 8.36. The monoisotopic (exact) mass is 363 g/mol. The van der Waals surface area contributed by atoms with Gasteiger partial charge in [-0.1, -0.05) is 30.9 Å². The van der Waals surface area contributed by atoms with E-state index in [1.54, 1.807) is 19.9 Å². The summed E-state index contributed by atoms with van der Waals surface area (Å²) in [5.41, 5.74) is 0.614. The van der Waals surface area contributed by atoms with Gasteiger partial charge in [0.2, 0.25) is 0 Å². The molecule has 1 N–H and O–H groups in total. The van der Waals surface area contributed by atoms with E-state index in [9.17, 15) is 14.9 Å². The average Bonchev–Trinajstić information content (AvgIpc) is 2.54. The molecule has 0 aliphatic heterocycles. The van der Waals surface area contributed by atoms with Crippen LogP contribution in [-0.4, -0.2) is 28.5 Å². The number of carbonyl (C=O) groups is 2. The average molecular weight is 364 g/mol. The van der Waals surface area contributed by atoms with Gasteiger partial charge in [-0.25, -0.2) is 9.78 Å². The zero-order valence-electron chi connectivity index (χ0n) is 14.7. The number of amides is 1. The molecule has 0 radical (unpaired) electrons. The van der Waals surface area contributed by atoms with Crippen LogP contribution in [0, 0.1) is 25.2 Å². The third-order valence-corrected chi connectivity index (χ3v) is 4.71. The molecule has 1 aliphatic rings. The summed E-state index contributed by atoms with van der Waals surface area (Å²) in [6.07, 6.45) is 3.04. The van der Waals surface area contributed by atoms with E-state index in [1.165, 1.54) is 6.92 Å². The first kappa shape index (κ1) is 19.2. The van der Waals surface area contributed by atoms with Crippen molar-refractivity contribution in [3.05, 3.63) is 28.0 Å². The lowest BCUT2D eigenvalue weighted by Crippen LogP contribution is -2.52. The van der Waals surface area contributed by atoms with Crippen molar-refractivity contribution in [2.75, 3.05) is 0 Å². The minimum Gasteiger partial charge on any atom is -0.449 e. The zero-order chi connectivity index (χ0) is 18.6. The molecular weight excluding hydrogens is 342 g/mol. The van der Waals surface area contributed by atoms with Crippen LogP contribution in [0.1, 0.15) is 60.6 Å². The maximum Gasteiger partial charge on any atom is 0.342 e. The first-order valence-corrected chi connectivity index (χ1v) is 8.74. The summed E-state index contributed by atoms with van der Waals surface area (Å²) in [6, 6.07) is 3.93. The smallest absolute Gasteiger partial charge is 0.342 e. The summed E-state index contributed by atoms with van der Waals surface area (Å²) in [4.78, 5) is 28.8. The number of ether oxygens (including phenoxy) is 1. The number of rotatable bonds is 4. The van der Waals surface area contributed by atoms with E-state index in [4.69, 9.17) is 16.3 Å². The van der Waals surface area contributed by atoms with E-state index >= 15 is 0 Å². The Bertz CT molecular complexity index is 698. The van der Waals surface area contributed by atoms with Crippen molar-refractivity contribution in [2.45, 2.75) is 64.5 Å². The number of aryl methyl sites for hydroxylation is 2. The number of hydrogen-bond acceptors (Lipinski definition) is 5. The molecule has 2 rings (SSSR count). The maximum atomic E-state index is 12.4. The van der Waals surface area contributed by atoms with Crippen molar-refractivity contribution < 1.29 is 14.3 Å². The fourth-order valence-electron chi connectivity index (χ4n) is 3.07. The molecule has 6 nitrogen and oxygen atoms in total. The van der Waals surface area contributed by atoms with Crippen LogP contribution < -0.4 is 5.32 Å². The van der Waals surface area contributed by atoms with Crippen molar-refractivity contribution in [3.63, 3.8) is 0 Å². The summed E-state index contributed by atoms with van der Waals surface area (Å²) in [5, 5.41) is 12.2. The Labute approximate surface area is 152 Å². The number of halogens is 1. The molecule has 0 unspecified atom stereocenters. The summed E-state index contributed by atoms with van der Waals surface area (Å²) >= 11 is 6.04. The van der Waals surface area contributed by atoms with Gasteiger partial charge in [0.1, 0.15) is 10.7 Å². The number of hydrogen-bond donors (Lipinski definition) is 1. The minimum absolute atomic E-state index is 0.0517. The van der Waals surface area contributed by atoms with Crippen molar-refractivity contribution in [3.8, 4) is 6.07 Å². The van der Waals surface area contributed by atoms with Gasteiger partial charge in [-0.2, -0.15) is 5.26 Å². The fraction of sp³-hybridized carbons (Fsp3) is 0.556. The normalized spacial score (nSPS) is 17.2. The molecule has 0 saturated heterocycles. The largest absolute Gasteiger partial charge is 0.449 e. The van der Waals surface area contributed by atoms with Crippen LogP contribution >= 0.6 is 11.6 Å². The Balaban J connectivity index is 2.06. The van der Waals surface area contributed by atoms with Crippen molar-refractivity contribution in [1.29, 1.82) is 5.26 Å². The summed E-state index contributed by atoms with van der Waals surface area (Å²) in [6.45, 7) is 4.98. The molecule has 1 fully saturated rings. The van der Waals surface area contributed by atoms with Gasteiger partial charge in [0.05, 0.1) is 11.6 Å². The van der Waals surface area contributed by atoms with Crippen LogP contribution in [0.4, 0.5) is 0 Å². The van der Waals surface area contributed by atoms with E-state index in [0.29, 0.717) is 24.1 Å². The van der Waals surface area contributed by atoms with Gasteiger partial charge in [0.25, 0.3) is 5.91 Å². The lowest BCUT2D eigenvalue weighted by atomic mass is 9.83. The third kappa shape index (κ3) is 4.49. The molecule has 1 aromatic rings. The zero-order valence-corrected chi connectivity index (χ0v) is 15.4. The van der Waals surface area contributed by atoms with Crippen molar-refractivity contribution >= 4 is 23.5 Å². The van der Waals surface area contributed by atoms with Gasteiger partial charge in [-0.15, -0.1) is 0 Å². The Morgan fingerprint density at radius 3 is 2.56 bits per heavy atom. The lowest BCUT2D eigenvalue weighted by Gasteiger charge is -2.32. The second kappa shape index (κ2) is 7.83. The van der Waals surface area contributed by atoms with Crippen LogP contribution in [0.5, 0.6) is 0 Å². The molecule has 25 heavy (non-hydrogen) atoms. The molecule has 1 heterocycles. The number of esters is 1. The molecule has 1 saturated carbocycles. The quantitative estimate of drug-likeness (QED) is 0.654. The molecule has 1 amide bonds. The predicted molar refractivity (Wildman–Crippen MR) is 93.2 cm³/mol. The molecule has 1 aliphatic carbocycles. The number of nitrogens with zero attached hydrogens (tertiary/aromatic N) is 2. The van der Waals surface area contributed by atoms with Gasteiger partial charge in [-0.3, -0.25) is 4.79 Å². The molecule has 7 heteroatoms. The Kier molecular flexibility index (Phi) is 6.02. The predicted octanol–water partition coefficient (Wildman–Crippen LogP) is 3.24. The van der Waals surface area contributed by atoms with Crippen molar-refractivity contribution in [2.24, 2.45) is 0 Å². The highest BCUT2D eigenvalue weighted by molar-refractivity contribution is 6.32. The second-order valence-corrected chi connectivity index (χ2v) is 6.90. The highest BCUT2D eigenvalue weighted by atomic mass is 35.5. The Hall–Kier alpha value is -2.13. The van der Waals surface area contributed by atoms with Gasteiger partial charge >= 0.3 is 5.97 Å². The Morgan fingerprint density at radius 2 is 2.00 bits per heavy atom. The van der Waals surface area contributed by atoms with E-state index in [0.717, 1.165) is 19.3 Å². The highest BCUT2D eigenvalue weighted by Gasteiger charge is 2.35. The van der Waals surface area contributed by atoms with Crippen LogP contribution in [-0.2, 0) is 9.53 Å². The Morgan fingerprint density at radius 1 is 1.36 bits per heavy atom. The van der Waals surface area contributed by atoms with E-state index < -0.39 is 23.5 Å². The number of nitriles is 1. The van der Waals surface area contributed by atoms with Gasteiger partial charge < -0.3 is 10.1 Å². The SMILES string of the molecule is Cc1cc(C)c(C(=O)O[C@@H](C)C(=O)NC2(C#N)CCCCC2)c(Cl)n1. The second-order valence-electron chi connectivity index (χ2n) is 6.54. The fourth-order valence-corrected chi connectivity index (χ4v) is 3.43. The maximum absolute atomic E-state index is 12.4. The topological polar surface area (TPSA) is 92.1 Å². The molecule has 1 atom stereocenters. The third-order valence-electron chi connectivity index (χ3n) is 4.44. The molecular formula is C18H22ClN3O3. The summed E-state index contributed by atoms with van der Waals surface area (Å²) < 4.78 is 5.25. The first-order chi connectivity index (χ1) is 11.8. The summed E-state index contributed by atoms with van der Waals surface area (Å²) in [5.74, 6) is -1.18. The van der Waals surface area contributed by atoms with Gasteiger partial charge in [0.15, 0.2) is 6.10 Å². The van der Waals surface area contributed by atoms with Crippen LogP contribution in [0.3, 0.4) is 0 Å². The van der Waals surface area contributed by atoms with E-state index in [-0.39, 0.29) is 10.7 Å². The van der Waals surface area contributed by atoms with E-state index in [2.05, 4.69) is 16.4 Å². The van der Waals surface area contributed by atoms with E-state index in [1.807, 2.05) is 0 Å². The minimum atomic E-state index is -1.03. The van der Waals surface area contributed by atoms with Crippen LogP contribution in [0.2, 0.25) is 5.15 Å². The highest BCUT2D eigenvalue weighted by Crippen LogP contribution is 2.28. The molecule has 0 aromatic carbocycles. The van der Waals surface area contributed by atoms with Crippen LogP contribution in [0.25, 0.3) is 0 Å². The van der Waals surface area contributed by atoms with Gasteiger partial charge in [-0.05, 0) is 45.2 Å². The number of carbonyl (C=O) groups excluding carboxylic acids is 2. The van der Waals surface area contributed by atoms with Gasteiger partial charge in [0, 0.05) is 5.69 Å². The number of aromatic nitrogens is 1. The van der Waals surface area contributed by atoms with Crippen molar-refractivity contribution in [1.82, 2.24) is 10.3 Å². The summed E-state index contributed by atoms with van der Waals surface area (Å²) in [7, 11) is 0.